The van der Waals surface area contributed by atoms with Crippen LogP contribution in [0.4, 0.5) is 14.5 Å². The van der Waals surface area contributed by atoms with Crippen LogP contribution in [-0.2, 0) is 0 Å². The number of halogens is 2. The number of hydrogen-bond donors (Lipinski definition) is 1. The van der Waals surface area contributed by atoms with Gasteiger partial charge in [0.15, 0.2) is 5.75 Å². The Kier molecular flexibility index (Phi) is 3.88. The SMILES string of the molecule is CC(C)n1cc2cc(NC(=O)c3ccc4cc(C#N)cnn34)c3c(c2n1)OC(F)(F)O3. The molecule has 0 saturated carbocycles. The maximum absolute atomic E-state index is 13.9. The number of carbonyl (C=O) groups excluding carboxylic acids is 1. The van der Waals surface area contributed by atoms with Crippen LogP contribution in [0.25, 0.3) is 16.4 Å². The molecule has 4 aromatic rings. The molecule has 1 aromatic carbocycles. The van der Waals surface area contributed by atoms with E-state index in [4.69, 9.17) is 5.26 Å². The molecule has 0 spiro atoms. The van der Waals surface area contributed by atoms with Crippen molar-refractivity contribution in [2.24, 2.45) is 0 Å². The summed E-state index contributed by atoms with van der Waals surface area (Å²) in [5.74, 6) is -1.15. The molecule has 31 heavy (non-hydrogen) atoms. The van der Waals surface area contributed by atoms with Gasteiger partial charge in [0.25, 0.3) is 5.91 Å². The van der Waals surface area contributed by atoms with Gasteiger partial charge in [-0.05, 0) is 38.1 Å². The van der Waals surface area contributed by atoms with E-state index in [2.05, 4.69) is 25.0 Å². The van der Waals surface area contributed by atoms with Crippen molar-refractivity contribution in [1.29, 1.82) is 5.26 Å². The average Bonchev–Trinajstić information content (AvgIpc) is 3.41. The zero-order valence-corrected chi connectivity index (χ0v) is 16.3. The Morgan fingerprint density at radius 2 is 2.03 bits per heavy atom. The van der Waals surface area contributed by atoms with E-state index in [0.717, 1.165) is 0 Å². The van der Waals surface area contributed by atoms with Gasteiger partial charge >= 0.3 is 6.29 Å². The second kappa shape index (κ2) is 6.40. The Balaban J connectivity index is 1.58. The third kappa shape index (κ3) is 3.00. The molecular formula is C20H14F2N6O3. The lowest BCUT2D eigenvalue weighted by Crippen LogP contribution is -2.26. The maximum atomic E-state index is 13.9. The first-order valence-electron chi connectivity index (χ1n) is 9.27. The summed E-state index contributed by atoms with van der Waals surface area (Å²) < 4.78 is 40.0. The minimum atomic E-state index is -3.88. The lowest BCUT2D eigenvalue weighted by atomic mass is 10.2. The van der Waals surface area contributed by atoms with Crippen LogP contribution in [0.3, 0.4) is 0 Å². The first kappa shape index (κ1) is 18.8. The fourth-order valence-corrected chi connectivity index (χ4v) is 3.37. The van der Waals surface area contributed by atoms with Crippen LogP contribution in [0.2, 0.25) is 0 Å². The molecule has 11 heteroatoms. The van der Waals surface area contributed by atoms with Gasteiger partial charge in [-0.15, -0.1) is 8.78 Å². The zero-order valence-electron chi connectivity index (χ0n) is 16.3. The highest BCUT2D eigenvalue weighted by Gasteiger charge is 2.46. The molecule has 0 unspecified atom stereocenters. The molecule has 1 amide bonds. The molecule has 0 aliphatic carbocycles. The van der Waals surface area contributed by atoms with Crippen LogP contribution < -0.4 is 14.8 Å². The number of alkyl halides is 2. The van der Waals surface area contributed by atoms with Crippen molar-refractivity contribution in [2.45, 2.75) is 26.2 Å². The summed E-state index contributed by atoms with van der Waals surface area (Å²) >= 11 is 0. The molecule has 0 radical (unpaired) electrons. The van der Waals surface area contributed by atoms with E-state index >= 15 is 0 Å². The van der Waals surface area contributed by atoms with Crippen LogP contribution in [0.5, 0.6) is 11.5 Å². The number of rotatable bonds is 3. The van der Waals surface area contributed by atoms with Gasteiger partial charge in [-0.2, -0.15) is 15.5 Å². The molecule has 0 fully saturated rings. The summed E-state index contributed by atoms with van der Waals surface area (Å²) in [5, 5.41) is 20.5. The number of nitrogens with zero attached hydrogens (tertiary/aromatic N) is 5. The van der Waals surface area contributed by atoms with Crippen molar-refractivity contribution in [3.63, 3.8) is 0 Å². The molecule has 5 rings (SSSR count). The normalized spacial score (nSPS) is 14.3. The Morgan fingerprint density at radius 1 is 1.26 bits per heavy atom. The van der Waals surface area contributed by atoms with Crippen LogP contribution in [0, 0.1) is 11.3 Å². The van der Waals surface area contributed by atoms with Gasteiger partial charge in [0.1, 0.15) is 17.3 Å². The van der Waals surface area contributed by atoms with Crippen molar-refractivity contribution in [1.82, 2.24) is 19.4 Å². The minimum Gasteiger partial charge on any atom is -0.393 e. The van der Waals surface area contributed by atoms with Gasteiger partial charge in [0, 0.05) is 17.6 Å². The molecule has 0 bridgehead atoms. The van der Waals surface area contributed by atoms with Crippen molar-refractivity contribution < 1.29 is 23.0 Å². The third-order valence-electron chi connectivity index (χ3n) is 4.81. The van der Waals surface area contributed by atoms with E-state index in [1.165, 1.54) is 22.8 Å². The first-order valence-corrected chi connectivity index (χ1v) is 9.27. The number of amides is 1. The van der Waals surface area contributed by atoms with Crippen LogP contribution >= 0.6 is 0 Å². The van der Waals surface area contributed by atoms with Gasteiger partial charge in [-0.3, -0.25) is 9.48 Å². The second-order valence-corrected chi connectivity index (χ2v) is 7.26. The number of nitriles is 1. The number of hydrogen-bond acceptors (Lipinski definition) is 6. The molecule has 156 valence electrons. The van der Waals surface area contributed by atoms with E-state index < -0.39 is 12.2 Å². The summed E-state index contributed by atoms with van der Waals surface area (Å²) in [4.78, 5) is 12.9. The van der Waals surface area contributed by atoms with E-state index in [0.29, 0.717) is 16.5 Å². The number of anilines is 1. The monoisotopic (exact) mass is 424 g/mol. The Morgan fingerprint density at radius 3 is 2.77 bits per heavy atom. The summed E-state index contributed by atoms with van der Waals surface area (Å²) in [6.07, 6.45) is -0.881. The fourth-order valence-electron chi connectivity index (χ4n) is 3.37. The highest BCUT2D eigenvalue weighted by Crippen LogP contribution is 2.50. The van der Waals surface area contributed by atoms with Crippen molar-refractivity contribution in [3.05, 3.63) is 47.9 Å². The van der Waals surface area contributed by atoms with Gasteiger partial charge in [0.05, 0.1) is 23.0 Å². The Labute approximate surface area is 173 Å². The lowest BCUT2D eigenvalue weighted by molar-refractivity contribution is -0.286. The highest BCUT2D eigenvalue weighted by atomic mass is 19.3. The van der Waals surface area contributed by atoms with E-state index in [9.17, 15) is 13.6 Å². The van der Waals surface area contributed by atoms with Gasteiger partial charge in [0.2, 0.25) is 5.75 Å². The minimum absolute atomic E-state index is 0.0107. The van der Waals surface area contributed by atoms with Gasteiger partial charge in [-0.1, -0.05) is 0 Å². The summed E-state index contributed by atoms with van der Waals surface area (Å²) in [6.45, 7) is 3.78. The topological polar surface area (TPSA) is 106 Å². The van der Waals surface area contributed by atoms with Crippen LogP contribution in [0.15, 0.2) is 36.7 Å². The molecule has 0 saturated heterocycles. The zero-order chi connectivity index (χ0) is 21.9. The largest absolute Gasteiger partial charge is 0.586 e. The maximum Gasteiger partial charge on any atom is 0.586 e. The number of carbonyl (C=O) groups is 1. The number of ether oxygens (including phenoxy) is 2. The molecule has 1 aliphatic rings. The predicted molar refractivity (Wildman–Crippen MR) is 104 cm³/mol. The van der Waals surface area contributed by atoms with Crippen molar-refractivity contribution >= 4 is 28.0 Å². The van der Waals surface area contributed by atoms with Gasteiger partial charge in [-0.25, -0.2) is 4.52 Å². The highest BCUT2D eigenvalue weighted by molar-refractivity contribution is 6.07. The molecule has 0 atom stereocenters. The molecule has 9 nitrogen and oxygen atoms in total. The number of benzene rings is 1. The smallest absolute Gasteiger partial charge is 0.393 e. The Bertz CT molecular complexity index is 1420. The standard InChI is InChI=1S/C20H14F2N6O3/c1-10(2)27-9-12-6-14(17-18(16(12)26-27)31-20(21,22)30-17)25-19(29)15-4-3-13-5-11(7-23)8-24-28(13)15/h3-6,8-10H,1-2H3,(H,25,29). The number of fused-ring (bicyclic) bond motifs is 4. The third-order valence-corrected chi connectivity index (χ3v) is 4.81. The first-order chi connectivity index (χ1) is 14.8. The summed E-state index contributed by atoms with van der Waals surface area (Å²) in [5.41, 5.74) is 1.25. The molecule has 4 heterocycles. The van der Waals surface area contributed by atoms with E-state index in [1.807, 2.05) is 19.9 Å². The van der Waals surface area contributed by atoms with Gasteiger partial charge < -0.3 is 14.8 Å². The summed E-state index contributed by atoms with van der Waals surface area (Å²) in [6, 6.07) is 8.17. The fraction of sp³-hybridized carbons (Fsp3) is 0.200. The average molecular weight is 424 g/mol. The van der Waals surface area contributed by atoms with E-state index in [1.54, 1.807) is 23.0 Å². The number of aromatic nitrogens is 4. The van der Waals surface area contributed by atoms with Crippen LogP contribution in [-0.4, -0.2) is 31.6 Å². The van der Waals surface area contributed by atoms with Crippen molar-refractivity contribution in [2.75, 3.05) is 5.32 Å². The Hall–Kier alpha value is -4.20. The number of nitrogens with one attached hydrogen (secondary N) is 1. The quantitative estimate of drug-likeness (QED) is 0.537. The molecule has 1 aliphatic heterocycles. The lowest BCUT2D eigenvalue weighted by Gasteiger charge is -2.09. The van der Waals surface area contributed by atoms with E-state index in [-0.39, 0.29) is 34.4 Å². The predicted octanol–water partition coefficient (Wildman–Crippen LogP) is 3.71. The second-order valence-electron chi connectivity index (χ2n) is 7.26. The molecule has 3 aromatic heterocycles. The van der Waals surface area contributed by atoms with Crippen molar-refractivity contribution in [3.8, 4) is 17.6 Å². The van der Waals surface area contributed by atoms with Crippen LogP contribution in [0.1, 0.15) is 35.9 Å². The summed E-state index contributed by atoms with van der Waals surface area (Å²) in [7, 11) is 0. The molecular weight excluding hydrogens is 410 g/mol. The molecule has 1 N–H and O–H groups in total.